The van der Waals surface area contributed by atoms with Gasteiger partial charge in [0, 0.05) is 19.3 Å². The minimum atomic E-state index is -0.646. The zero-order valence-corrected chi connectivity index (χ0v) is 13.6. The largest absolute Gasteiger partial charge is 0.334 e. The Labute approximate surface area is 133 Å². The second-order valence-corrected chi connectivity index (χ2v) is 8.82. The molecule has 5 aliphatic rings. The van der Waals surface area contributed by atoms with Crippen molar-refractivity contribution < 1.29 is 10.1 Å². The van der Waals surface area contributed by atoms with Gasteiger partial charge >= 0.3 is 0 Å². The van der Waals surface area contributed by atoms with Crippen molar-refractivity contribution in [3.8, 4) is 6.07 Å². The topological polar surface area (TPSA) is 69.5 Å². The highest BCUT2D eigenvalue weighted by atomic mass is 16.2. The lowest BCUT2D eigenvalue weighted by Crippen LogP contribution is -3.00. The predicted molar refractivity (Wildman–Crippen MR) is 82.6 cm³/mol. The molecule has 0 aromatic carbocycles. The Balaban J connectivity index is 1.35. The molecule has 5 saturated carbocycles. The summed E-state index contributed by atoms with van der Waals surface area (Å²) in [5.41, 5.74) is -0.304. The Kier molecular flexibility index (Phi) is 3.27. The summed E-state index contributed by atoms with van der Waals surface area (Å²) >= 11 is 0. The summed E-state index contributed by atoms with van der Waals surface area (Å²) in [4.78, 5) is 12.3. The lowest BCUT2D eigenvalue weighted by atomic mass is 9.53. The van der Waals surface area contributed by atoms with Gasteiger partial charge < -0.3 is 10.6 Å². The maximum atomic E-state index is 12.3. The van der Waals surface area contributed by atoms with Gasteiger partial charge in [0.25, 0.3) is 5.91 Å². The number of carbonyl (C=O) groups is 1. The van der Waals surface area contributed by atoms with Crippen LogP contribution in [0.3, 0.4) is 0 Å². The minimum Gasteiger partial charge on any atom is -0.334 e. The van der Waals surface area contributed by atoms with E-state index in [1.54, 1.807) is 0 Å². The lowest BCUT2D eigenvalue weighted by molar-refractivity contribution is -0.730. The van der Waals surface area contributed by atoms with Crippen molar-refractivity contribution in [2.24, 2.45) is 23.7 Å². The molecule has 5 rings (SSSR count). The second kappa shape index (κ2) is 4.96. The molecule has 0 aliphatic heterocycles. The number of hydrogen-bond donors (Lipinski definition) is 2. The summed E-state index contributed by atoms with van der Waals surface area (Å²) in [7, 11) is 0. The molecular weight excluding hydrogens is 274 g/mol. The van der Waals surface area contributed by atoms with Crippen molar-refractivity contribution in [1.29, 1.82) is 5.26 Å². The molecule has 0 unspecified atom stereocenters. The number of nitriles is 1. The average molecular weight is 302 g/mol. The van der Waals surface area contributed by atoms with Crippen LogP contribution in [0.1, 0.15) is 58.3 Å². The number of hydrogen-bond acceptors (Lipinski definition) is 2. The number of nitrogens with one attached hydrogen (secondary N) is 1. The predicted octanol–water partition coefficient (Wildman–Crippen LogP) is 1.33. The van der Waals surface area contributed by atoms with Crippen LogP contribution in [-0.4, -0.2) is 23.5 Å². The smallest absolute Gasteiger partial charge is 0.276 e. The van der Waals surface area contributed by atoms with Crippen molar-refractivity contribution in [2.45, 2.75) is 69.4 Å². The number of quaternary nitrogens is 1. The SMILES string of the molecule is C[C@@](C#N)(NC(=O)C[NH2+]C12CC3CC(CC(C3)C1)C2)C1CC1. The second-order valence-electron chi connectivity index (χ2n) is 8.82. The highest BCUT2D eigenvalue weighted by Crippen LogP contribution is 2.54. The number of nitrogens with two attached hydrogens (primary N) is 1. The molecule has 0 heterocycles. The van der Waals surface area contributed by atoms with E-state index in [0.29, 0.717) is 18.0 Å². The third kappa shape index (κ3) is 2.54. The summed E-state index contributed by atoms with van der Waals surface area (Å²) in [6, 6.07) is 2.32. The molecule has 5 aliphatic carbocycles. The molecule has 1 amide bonds. The molecule has 0 saturated heterocycles. The van der Waals surface area contributed by atoms with Crippen molar-refractivity contribution in [3.63, 3.8) is 0 Å². The highest BCUT2D eigenvalue weighted by molar-refractivity contribution is 5.78. The molecule has 1 atom stereocenters. The first-order chi connectivity index (χ1) is 10.5. The third-order valence-electron chi connectivity index (χ3n) is 6.83. The summed E-state index contributed by atoms with van der Waals surface area (Å²) in [6.45, 7) is 2.38. The quantitative estimate of drug-likeness (QED) is 0.804. The molecule has 3 N–H and O–H groups in total. The van der Waals surface area contributed by atoms with E-state index in [0.717, 1.165) is 30.6 Å². The standard InChI is InChI=1S/C18H27N3O/c1-17(11-19,15-2-3-15)21-16(22)10-20-18-7-12-4-13(8-18)6-14(5-12)9-18/h12-15,20H,2-10H2,1H3,(H,21,22)/p+1/t12?,13?,14?,17-,18?/m0/s1. The average Bonchev–Trinajstić information content (AvgIpc) is 3.29. The van der Waals surface area contributed by atoms with E-state index in [1.807, 2.05) is 6.92 Å². The number of rotatable bonds is 5. The molecule has 0 radical (unpaired) electrons. The van der Waals surface area contributed by atoms with E-state index in [-0.39, 0.29) is 5.91 Å². The van der Waals surface area contributed by atoms with Gasteiger partial charge in [-0.1, -0.05) is 0 Å². The Morgan fingerprint density at radius 2 is 1.77 bits per heavy atom. The molecule has 4 nitrogen and oxygen atoms in total. The number of carbonyl (C=O) groups excluding carboxylic acids is 1. The molecule has 4 heteroatoms. The van der Waals surface area contributed by atoms with Gasteiger partial charge in [-0.2, -0.15) is 5.26 Å². The summed E-state index contributed by atoms with van der Waals surface area (Å²) < 4.78 is 0. The van der Waals surface area contributed by atoms with Crippen molar-refractivity contribution in [1.82, 2.24) is 5.32 Å². The first-order valence-corrected chi connectivity index (χ1v) is 9.07. The highest BCUT2D eigenvalue weighted by Gasteiger charge is 2.53. The van der Waals surface area contributed by atoms with Gasteiger partial charge in [-0.15, -0.1) is 0 Å². The maximum Gasteiger partial charge on any atom is 0.276 e. The lowest BCUT2D eigenvalue weighted by Gasteiger charge is -2.54. The molecule has 0 spiro atoms. The third-order valence-corrected chi connectivity index (χ3v) is 6.83. The summed E-state index contributed by atoms with van der Waals surface area (Å²) in [5, 5.41) is 14.7. The molecule has 5 fully saturated rings. The minimum absolute atomic E-state index is 0.0479. The van der Waals surface area contributed by atoms with Crippen molar-refractivity contribution >= 4 is 5.91 Å². The summed E-state index contributed by atoms with van der Waals surface area (Å²) in [6.07, 6.45) is 10.4. The van der Waals surface area contributed by atoms with Gasteiger partial charge in [0.05, 0.1) is 11.6 Å². The van der Waals surface area contributed by atoms with Gasteiger partial charge in [-0.05, 0) is 62.7 Å². The maximum absolute atomic E-state index is 12.3. The molecule has 4 bridgehead atoms. The summed E-state index contributed by atoms with van der Waals surface area (Å²) in [5.74, 6) is 3.16. The first-order valence-electron chi connectivity index (χ1n) is 9.07. The molecule has 22 heavy (non-hydrogen) atoms. The van der Waals surface area contributed by atoms with Crippen molar-refractivity contribution in [2.75, 3.05) is 6.54 Å². The van der Waals surface area contributed by atoms with Gasteiger partial charge in [0.15, 0.2) is 6.54 Å². The normalized spacial score (nSPS) is 41.7. The molecule has 0 aromatic heterocycles. The van der Waals surface area contributed by atoms with Gasteiger partial charge in [-0.3, -0.25) is 4.79 Å². The number of amides is 1. The first kappa shape index (κ1) is 14.5. The fraction of sp³-hybridized carbons (Fsp3) is 0.889. The van der Waals surface area contributed by atoms with Crippen LogP contribution in [-0.2, 0) is 4.79 Å². The van der Waals surface area contributed by atoms with Crippen LogP contribution < -0.4 is 10.6 Å². The van der Waals surface area contributed by atoms with Gasteiger partial charge in [0.1, 0.15) is 5.54 Å². The Bertz CT molecular complexity index is 484. The van der Waals surface area contributed by atoms with Crippen LogP contribution in [0.4, 0.5) is 0 Å². The van der Waals surface area contributed by atoms with E-state index < -0.39 is 5.54 Å². The van der Waals surface area contributed by atoms with E-state index >= 15 is 0 Å². The van der Waals surface area contributed by atoms with Crippen LogP contribution in [0.15, 0.2) is 0 Å². The van der Waals surface area contributed by atoms with Crippen LogP contribution >= 0.6 is 0 Å². The van der Waals surface area contributed by atoms with Gasteiger partial charge in [-0.25, -0.2) is 0 Å². The van der Waals surface area contributed by atoms with E-state index in [1.165, 1.54) is 38.5 Å². The molecular formula is C18H28N3O+. The molecule has 0 aromatic rings. The van der Waals surface area contributed by atoms with E-state index in [4.69, 9.17) is 0 Å². The van der Waals surface area contributed by atoms with E-state index in [9.17, 15) is 10.1 Å². The van der Waals surface area contributed by atoms with Crippen LogP contribution in [0.25, 0.3) is 0 Å². The monoisotopic (exact) mass is 302 g/mol. The zero-order valence-electron chi connectivity index (χ0n) is 13.6. The molecule has 120 valence electrons. The number of nitrogens with zero attached hydrogens (tertiary/aromatic N) is 1. The Hall–Kier alpha value is -1.08. The van der Waals surface area contributed by atoms with Gasteiger partial charge in [0.2, 0.25) is 0 Å². The van der Waals surface area contributed by atoms with Crippen LogP contribution in [0, 0.1) is 35.0 Å². The fourth-order valence-electron chi connectivity index (χ4n) is 5.96. The van der Waals surface area contributed by atoms with Crippen LogP contribution in [0.2, 0.25) is 0 Å². The van der Waals surface area contributed by atoms with Crippen LogP contribution in [0.5, 0.6) is 0 Å². The Morgan fingerprint density at radius 3 is 2.23 bits per heavy atom. The fourth-order valence-corrected chi connectivity index (χ4v) is 5.96. The van der Waals surface area contributed by atoms with E-state index in [2.05, 4.69) is 16.7 Å². The zero-order chi connectivity index (χ0) is 15.4. The Morgan fingerprint density at radius 1 is 1.23 bits per heavy atom. The van der Waals surface area contributed by atoms with Crippen molar-refractivity contribution in [3.05, 3.63) is 0 Å².